The Kier molecular flexibility index (Phi) is 10.1. The second kappa shape index (κ2) is 13.1. The van der Waals surface area contributed by atoms with E-state index in [4.69, 9.17) is 19.2 Å². The molecule has 8 nitrogen and oxygen atoms in total. The Balaban J connectivity index is 1.20. The number of carbonyl (C=O) groups excluding carboxylic acids is 1. The lowest BCUT2D eigenvalue weighted by Crippen LogP contribution is -2.55. The summed E-state index contributed by atoms with van der Waals surface area (Å²) in [5.41, 5.74) is 1.53. The fourth-order valence-corrected chi connectivity index (χ4v) is 10.1. The molecule has 0 unspecified atom stereocenters. The third kappa shape index (κ3) is 6.10. The van der Waals surface area contributed by atoms with Crippen LogP contribution in [0.3, 0.4) is 0 Å². The summed E-state index contributed by atoms with van der Waals surface area (Å²) >= 11 is 0. The van der Waals surface area contributed by atoms with Gasteiger partial charge in [-0.25, -0.2) is 9.78 Å². The first-order valence-electron chi connectivity index (χ1n) is 16.8. The van der Waals surface area contributed by atoms with Gasteiger partial charge in [0.1, 0.15) is 12.2 Å². The normalized spacial score (nSPS) is 44.1. The van der Waals surface area contributed by atoms with Gasteiger partial charge in [0.05, 0.1) is 19.3 Å². The maximum absolute atomic E-state index is 11.2. The molecule has 1 aliphatic heterocycles. The smallest absolute Gasteiger partial charge is 0.303 e. The monoisotopic (exact) mass is 592 g/mol. The van der Waals surface area contributed by atoms with Crippen LogP contribution < -0.4 is 0 Å². The van der Waals surface area contributed by atoms with Crippen molar-refractivity contribution < 1.29 is 39.4 Å². The number of aliphatic hydroxyl groups is 3. The van der Waals surface area contributed by atoms with Gasteiger partial charge >= 0.3 is 5.97 Å². The zero-order valence-corrected chi connectivity index (χ0v) is 26.5. The summed E-state index contributed by atoms with van der Waals surface area (Å²) < 4.78 is 10.5. The Morgan fingerprint density at radius 3 is 2.55 bits per heavy atom. The van der Waals surface area contributed by atoms with E-state index in [2.05, 4.69) is 33.8 Å². The molecule has 3 saturated carbocycles. The number of carbonyl (C=O) groups is 1. The molecule has 0 radical (unpaired) electrons. The number of ether oxygens (including phenoxy) is 2. The van der Waals surface area contributed by atoms with Gasteiger partial charge in [0.15, 0.2) is 6.10 Å². The number of allylic oxidation sites excluding steroid dienone is 1. The zero-order valence-electron chi connectivity index (χ0n) is 26.5. The topological polar surface area (TPSA) is 115 Å². The number of fused-ring (bicyclic) bond motifs is 5. The van der Waals surface area contributed by atoms with Crippen LogP contribution in [0.15, 0.2) is 11.6 Å². The molecule has 0 bridgehead atoms. The van der Waals surface area contributed by atoms with Crippen molar-refractivity contribution in [3.8, 4) is 0 Å². The largest absolute Gasteiger partial charge is 0.457 e. The van der Waals surface area contributed by atoms with Crippen molar-refractivity contribution in [2.24, 2.45) is 46.3 Å². The van der Waals surface area contributed by atoms with E-state index in [1.54, 1.807) is 0 Å². The van der Waals surface area contributed by atoms with Gasteiger partial charge in [-0.3, -0.25) is 4.79 Å². The summed E-state index contributed by atoms with van der Waals surface area (Å²) in [6.45, 7) is 11.1. The van der Waals surface area contributed by atoms with Crippen LogP contribution in [0.25, 0.3) is 0 Å². The Morgan fingerprint density at radius 2 is 1.83 bits per heavy atom. The molecule has 1 saturated heterocycles. The van der Waals surface area contributed by atoms with Crippen molar-refractivity contribution in [1.82, 2.24) is 0 Å². The standard InChI is InChI=1S/C34H56O8/c1-20(2)7-6-8-21(3)26-11-12-27-25-10-9-23-17-24(13-16-34(23,19-35)28(25)14-15-33(26,27)5)41-42-32-31(38)30(37)29(18-39-32)40-22(4)36/h9,20-21,24-32,35,37-38H,6-8,10-19H2,1-5H3/t21-,24+,25+,26-,27+,28+,29-,30-,31+,32+,33-,34-/m1/s1. The van der Waals surface area contributed by atoms with Crippen molar-refractivity contribution in [3.63, 3.8) is 0 Å². The molecule has 0 aromatic rings. The van der Waals surface area contributed by atoms with E-state index in [0.29, 0.717) is 23.7 Å². The van der Waals surface area contributed by atoms with Gasteiger partial charge in [0.25, 0.3) is 0 Å². The first kappa shape index (κ1) is 32.4. The van der Waals surface area contributed by atoms with Crippen LogP contribution in [0, 0.1) is 46.3 Å². The molecule has 12 atom stereocenters. The maximum Gasteiger partial charge on any atom is 0.303 e. The summed E-state index contributed by atoms with van der Waals surface area (Å²) in [6, 6.07) is 0. The van der Waals surface area contributed by atoms with Gasteiger partial charge in [-0.2, -0.15) is 0 Å². The maximum atomic E-state index is 11.2. The van der Waals surface area contributed by atoms with Crippen molar-refractivity contribution >= 4 is 5.97 Å². The van der Waals surface area contributed by atoms with Crippen LogP contribution >= 0.6 is 0 Å². The molecule has 4 fully saturated rings. The van der Waals surface area contributed by atoms with E-state index in [-0.39, 0.29) is 24.7 Å². The zero-order chi connectivity index (χ0) is 30.2. The lowest BCUT2D eigenvalue weighted by molar-refractivity contribution is -0.431. The van der Waals surface area contributed by atoms with Crippen LogP contribution in [0.1, 0.15) is 105 Å². The number of hydrogen-bond acceptors (Lipinski definition) is 8. The van der Waals surface area contributed by atoms with E-state index >= 15 is 0 Å². The Hall–Kier alpha value is -1.03. The van der Waals surface area contributed by atoms with Crippen LogP contribution in [0.4, 0.5) is 0 Å². The minimum absolute atomic E-state index is 0.0873. The lowest BCUT2D eigenvalue weighted by atomic mass is 9.46. The second-order valence-corrected chi connectivity index (χ2v) is 15.1. The fraction of sp³-hybridized carbons (Fsp3) is 0.912. The highest BCUT2D eigenvalue weighted by atomic mass is 17.2. The molecule has 240 valence electrons. The molecule has 42 heavy (non-hydrogen) atoms. The van der Waals surface area contributed by atoms with Crippen LogP contribution in [0.5, 0.6) is 0 Å². The molecule has 8 heteroatoms. The average molecular weight is 593 g/mol. The minimum Gasteiger partial charge on any atom is -0.457 e. The molecule has 5 rings (SSSR count). The van der Waals surface area contributed by atoms with Crippen molar-refractivity contribution in [3.05, 3.63) is 11.6 Å². The highest BCUT2D eigenvalue weighted by Gasteiger charge is 2.60. The predicted octanol–water partition coefficient (Wildman–Crippen LogP) is 5.33. The highest BCUT2D eigenvalue weighted by Crippen LogP contribution is 2.67. The molecular formula is C34H56O8. The first-order valence-corrected chi connectivity index (χ1v) is 16.8. The summed E-state index contributed by atoms with van der Waals surface area (Å²) in [5, 5.41) is 31.7. The first-order chi connectivity index (χ1) is 20.0. The van der Waals surface area contributed by atoms with Crippen molar-refractivity contribution in [1.29, 1.82) is 0 Å². The second-order valence-electron chi connectivity index (χ2n) is 15.1. The Morgan fingerprint density at radius 1 is 1.05 bits per heavy atom. The third-order valence-corrected chi connectivity index (χ3v) is 12.3. The number of aliphatic hydroxyl groups excluding tert-OH is 3. The molecule has 3 N–H and O–H groups in total. The summed E-state index contributed by atoms with van der Waals surface area (Å²) in [7, 11) is 0. The predicted molar refractivity (Wildman–Crippen MR) is 158 cm³/mol. The van der Waals surface area contributed by atoms with Crippen LogP contribution in [-0.4, -0.2) is 65.2 Å². The van der Waals surface area contributed by atoms with E-state index < -0.39 is 30.6 Å². The summed E-state index contributed by atoms with van der Waals surface area (Å²) in [5.74, 6) is 3.71. The molecule has 4 aliphatic carbocycles. The van der Waals surface area contributed by atoms with E-state index in [9.17, 15) is 20.1 Å². The summed E-state index contributed by atoms with van der Waals surface area (Å²) in [6.07, 6.45) is 9.90. The molecule has 5 aliphatic rings. The number of rotatable bonds is 10. The number of esters is 1. The van der Waals surface area contributed by atoms with Gasteiger partial charge in [0, 0.05) is 12.3 Å². The summed E-state index contributed by atoms with van der Waals surface area (Å²) in [4.78, 5) is 22.5. The lowest BCUT2D eigenvalue weighted by Gasteiger charge is -2.59. The molecule has 0 spiro atoms. The van der Waals surface area contributed by atoms with E-state index in [1.165, 1.54) is 57.4 Å². The quantitative estimate of drug-likeness (QED) is 0.135. The molecular weight excluding hydrogens is 536 g/mol. The Labute approximate surface area is 252 Å². The SMILES string of the molecule is CC(=O)O[C@@H]1CO[C@@H](OO[C@H]2CC[C@@]3(CO)C(=CC[C@@H]4[C@@H]3CC[C@]3(C)[C@@H]([C@H](C)CCCC(C)C)CC[C@@H]43)C2)[C@@H](O)[C@@H]1O. The molecule has 1 heterocycles. The highest BCUT2D eigenvalue weighted by molar-refractivity contribution is 5.66. The molecule has 0 amide bonds. The fourth-order valence-electron chi connectivity index (χ4n) is 10.1. The van der Waals surface area contributed by atoms with Crippen molar-refractivity contribution in [2.45, 2.75) is 136 Å². The van der Waals surface area contributed by atoms with E-state index in [1.807, 2.05) is 0 Å². The van der Waals surface area contributed by atoms with Crippen molar-refractivity contribution in [2.75, 3.05) is 13.2 Å². The van der Waals surface area contributed by atoms with Crippen LogP contribution in [0.2, 0.25) is 0 Å². The third-order valence-electron chi connectivity index (χ3n) is 12.3. The number of hydrogen-bond donors (Lipinski definition) is 3. The van der Waals surface area contributed by atoms with Gasteiger partial charge in [0.2, 0.25) is 6.29 Å². The minimum atomic E-state index is -1.40. The van der Waals surface area contributed by atoms with Gasteiger partial charge in [-0.15, -0.1) is 0 Å². The molecule has 0 aromatic carbocycles. The van der Waals surface area contributed by atoms with Gasteiger partial charge in [-0.05, 0) is 92.3 Å². The van der Waals surface area contributed by atoms with Gasteiger partial charge < -0.3 is 24.8 Å². The van der Waals surface area contributed by atoms with Gasteiger partial charge in [-0.1, -0.05) is 58.6 Å². The average Bonchev–Trinajstić information content (AvgIpc) is 3.31. The van der Waals surface area contributed by atoms with Crippen LogP contribution in [-0.2, 0) is 24.0 Å². The van der Waals surface area contributed by atoms with E-state index in [0.717, 1.165) is 42.9 Å². The Bertz CT molecular complexity index is 967. The molecule has 0 aromatic heterocycles.